The van der Waals surface area contributed by atoms with E-state index in [9.17, 15) is 4.79 Å². The van der Waals surface area contributed by atoms with Crippen LogP contribution in [0.1, 0.15) is 5.56 Å². The second-order valence-corrected chi connectivity index (χ2v) is 5.22. The van der Waals surface area contributed by atoms with Crippen LogP contribution in [0.15, 0.2) is 24.5 Å². The Morgan fingerprint density at radius 3 is 3.11 bits per heavy atom. The lowest BCUT2D eigenvalue weighted by Gasteiger charge is -2.43. The van der Waals surface area contributed by atoms with E-state index in [4.69, 9.17) is 0 Å². The summed E-state index contributed by atoms with van der Waals surface area (Å²) in [6.07, 6.45) is 3.52. The van der Waals surface area contributed by atoms with E-state index in [1.165, 1.54) is 0 Å². The van der Waals surface area contributed by atoms with Gasteiger partial charge in [0, 0.05) is 44.5 Å². The highest BCUT2D eigenvalue weighted by molar-refractivity contribution is 5.75. The number of pyridine rings is 1. The molecule has 96 valence electrons. The van der Waals surface area contributed by atoms with Gasteiger partial charge < -0.3 is 15.1 Å². The van der Waals surface area contributed by atoms with Crippen molar-refractivity contribution in [3.05, 3.63) is 30.1 Å². The van der Waals surface area contributed by atoms with E-state index >= 15 is 0 Å². The number of hydrogen-bond donors (Lipinski definition) is 1. The lowest BCUT2D eigenvalue weighted by Crippen LogP contribution is -2.60. The summed E-state index contributed by atoms with van der Waals surface area (Å²) in [4.78, 5) is 20.3. The summed E-state index contributed by atoms with van der Waals surface area (Å²) in [7, 11) is 2.12. The van der Waals surface area contributed by atoms with Gasteiger partial charge in [-0.3, -0.25) is 4.98 Å². The van der Waals surface area contributed by atoms with Gasteiger partial charge in [0.15, 0.2) is 0 Å². The maximum absolute atomic E-state index is 12.0. The van der Waals surface area contributed by atoms with Crippen LogP contribution in [0.25, 0.3) is 0 Å². The first kappa shape index (κ1) is 11.5. The first-order valence-electron chi connectivity index (χ1n) is 6.36. The molecule has 2 fully saturated rings. The molecule has 3 heterocycles. The third-order valence-electron chi connectivity index (χ3n) is 3.85. The van der Waals surface area contributed by atoms with Gasteiger partial charge in [-0.25, -0.2) is 4.79 Å². The fourth-order valence-corrected chi connectivity index (χ4v) is 2.86. The van der Waals surface area contributed by atoms with Crippen LogP contribution in [0, 0.1) is 5.92 Å². The van der Waals surface area contributed by atoms with Crippen LogP contribution >= 0.6 is 0 Å². The minimum Gasteiger partial charge on any atom is -0.334 e. The number of nitrogens with one attached hydrogen (secondary N) is 1. The monoisotopic (exact) mass is 246 g/mol. The van der Waals surface area contributed by atoms with Crippen molar-refractivity contribution in [3.8, 4) is 0 Å². The van der Waals surface area contributed by atoms with Crippen molar-refractivity contribution < 1.29 is 4.79 Å². The highest BCUT2D eigenvalue weighted by Gasteiger charge is 2.46. The van der Waals surface area contributed by atoms with Crippen LogP contribution in [0.2, 0.25) is 0 Å². The predicted octanol–water partition coefficient (Wildman–Crippen LogP) is 0.537. The maximum atomic E-state index is 12.0. The Balaban J connectivity index is 1.51. The Morgan fingerprint density at radius 2 is 2.39 bits per heavy atom. The predicted molar refractivity (Wildman–Crippen MR) is 68.0 cm³/mol. The SMILES string of the molecule is CN1C[C@H]2CN(C(=O)NCc3cccnc3)[C@H]2C1. The average molecular weight is 246 g/mol. The van der Waals surface area contributed by atoms with E-state index in [-0.39, 0.29) is 6.03 Å². The Morgan fingerprint density at radius 1 is 1.50 bits per heavy atom. The molecule has 0 aliphatic carbocycles. The highest BCUT2D eigenvalue weighted by atomic mass is 16.2. The summed E-state index contributed by atoms with van der Waals surface area (Å²) in [5.41, 5.74) is 1.03. The van der Waals surface area contributed by atoms with Gasteiger partial charge in [0.25, 0.3) is 0 Å². The summed E-state index contributed by atoms with van der Waals surface area (Å²) in [5.74, 6) is 0.680. The van der Waals surface area contributed by atoms with Gasteiger partial charge in [0.1, 0.15) is 0 Å². The number of hydrogen-bond acceptors (Lipinski definition) is 3. The first-order chi connectivity index (χ1) is 8.74. The number of rotatable bonds is 2. The summed E-state index contributed by atoms with van der Waals surface area (Å²) in [5, 5.41) is 2.96. The molecule has 18 heavy (non-hydrogen) atoms. The molecule has 1 N–H and O–H groups in total. The zero-order valence-corrected chi connectivity index (χ0v) is 10.5. The van der Waals surface area contributed by atoms with Gasteiger partial charge in [-0.05, 0) is 18.7 Å². The van der Waals surface area contributed by atoms with Crippen molar-refractivity contribution >= 4 is 6.03 Å². The van der Waals surface area contributed by atoms with E-state index in [1.807, 2.05) is 17.0 Å². The average Bonchev–Trinajstić information content (AvgIpc) is 2.65. The molecule has 2 aliphatic rings. The quantitative estimate of drug-likeness (QED) is 0.828. The topological polar surface area (TPSA) is 48.5 Å². The standard InChI is InChI=1S/C13H18N4O/c1-16-7-11-8-17(12(11)9-16)13(18)15-6-10-3-2-4-14-5-10/h2-5,11-12H,6-9H2,1H3,(H,15,18)/t11-,12-/m0/s1. The van der Waals surface area contributed by atoms with Crippen LogP contribution in [0.5, 0.6) is 0 Å². The molecule has 0 spiro atoms. The van der Waals surface area contributed by atoms with Crippen LogP contribution in [-0.2, 0) is 6.54 Å². The van der Waals surface area contributed by atoms with E-state index in [2.05, 4.69) is 22.2 Å². The second kappa shape index (κ2) is 4.57. The fraction of sp³-hybridized carbons (Fsp3) is 0.538. The summed E-state index contributed by atoms with van der Waals surface area (Å²) >= 11 is 0. The fourth-order valence-electron chi connectivity index (χ4n) is 2.86. The van der Waals surface area contributed by atoms with E-state index in [0.29, 0.717) is 18.5 Å². The van der Waals surface area contributed by atoms with Crippen molar-refractivity contribution in [2.45, 2.75) is 12.6 Å². The van der Waals surface area contributed by atoms with Gasteiger partial charge in [0.2, 0.25) is 0 Å². The van der Waals surface area contributed by atoms with Gasteiger partial charge in [-0.2, -0.15) is 0 Å². The van der Waals surface area contributed by atoms with Crippen molar-refractivity contribution in [1.29, 1.82) is 0 Å². The molecule has 0 aromatic carbocycles. The summed E-state index contributed by atoms with van der Waals surface area (Å²) in [6.45, 7) is 3.58. The molecule has 5 nitrogen and oxygen atoms in total. The number of fused-ring (bicyclic) bond motifs is 1. The van der Waals surface area contributed by atoms with Crippen molar-refractivity contribution in [2.24, 2.45) is 5.92 Å². The van der Waals surface area contributed by atoms with Crippen molar-refractivity contribution in [1.82, 2.24) is 20.1 Å². The maximum Gasteiger partial charge on any atom is 0.317 e. The molecule has 5 heteroatoms. The van der Waals surface area contributed by atoms with Crippen LogP contribution in [-0.4, -0.2) is 53.5 Å². The Bertz CT molecular complexity index is 436. The lowest BCUT2D eigenvalue weighted by molar-refractivity contribution is 0.0828. The number of likely N-dealkylation sites (N-methyl/N-ethyl adjacent to an activating group) is 1. The number of aromatic nitrogens is 1. The Hall–Kier alpha value is -1.62. The number of likely N-dealkylation sites (tertiary alicyclic amines) is 2. The Kier molecular flexibility index (Phi) is 2.91. The molecule has 2 amide bonds. The van der Waals surface area contributed by atoms with E-state index < -0.39 is 0 Å². The first-order valence-corrected chi connectivity index (χ1v) is 6.36. The van der Waals surface area contributed by atoms with Gasteiger partial charge in [0.05, 0.1) is 6.04 Å². The van der Waals surface area contributed by atoms with Gasteiger partial charge in [-0.1, -0.05) is 6.07 Å². The molecular weight excluding hydrogens is 228 g/mol. The number of carbonyl (C=O) groups is 1. The van der Waals surface area contributed by atoms with Crippen molar-refractivity contribution in [2.75, 3.05) is 26.7 Å². The summed E-state index contributed by atoms with van der Waals surface area (Å²) in [6, 6.07) is 4.32. The van der Waals surface area contributed by atoms with Gasteiger partial charge in [-0.15, -0.1) is 0 Å². The molecule has 2 atom stereocenters. The third-order valence-corrected chi connectivity index (χ3v) is 3.85. The van der Waals surface area contributed by atoms with Crippen molar-refractivity contribution in [3.63, 3.8) is 0 Å². The molecule has 2 aliphatic heterocycles. The van der Waals surface area contributed by atoms with Crippen LogP contribution < -0.4 is 5.32 Å². The molecule has 0 bridgehead atoms. The molecular formula is C13H18N4O. The number of carbonyl (C=O) groups excluding carboxylic acids is 1. The highest BCUT2D eigenvalue weighted by Crippen LogP contribution is 2.31. The van der Waals surface area contributed by atoms with Gasteiger partial charge >= 0.3 is 6.03 Å². The smallest absolute Gasteiger partial charge is 0.317 e. The minimum absolute atomic E-state index is 0.0513. The zero-order valence-electron chi connectivity index (χ0n) is 10.5. The lowest BCUT2D eigenvalue weighted by atomic mass is 9.93. The number of amides is 2. The molecule has 3 rings (SSSR count). The van der Waals surface area contributed by atoms with Crippen LogP contribution in [0.3, 0.4) is 0 Å². The second-order valence-electron chi connectivity index (χ2n) is 5.22. The van der Waals surface area contributed by atoms with Crippen LogP contribution in [0.4, 0.5) is 4.79 Å². The zero-order chi connectivity index (χ0) is 12.5. The number of urea groups is 1. The summed E-state index contributed by atoms with van der Waals surface area (Å²) < 4.78 is 0. The molecule has 2 saturated heterocycles. The normalized spacial score (nSPS) is 26.6. The van der Waals surface area contributed by atoms with E-state index in [1.54, 1.807) is 12.4 Å². The molecule has 1 aromatic rings. The minimum atomic E-state index is 0.0513. The molecule has 0 saturated carbocycles. The number of nitrogens with zero attached hydrogens (tertiary/aromatic N) is 3. The largest absolute Gasteiger partial charge is 0.334 e. The molecule has 0 unspecified atom stereocenters. The molecule has 1 aromatic heterocycles. The third kappa shape index (κ3) is 2.06. The molecule has 0 radical (unpaired) electrons. The van der Waals surface area contributed by atoms with E-state index in [0.717, 1.165) is 25.2 Å². The Labute approximate surface area is 107 Å².